The molecule has 0 amide bonds. The van der Waals surface area contributed by atoms with E-state index in [1.54, 1.807) is 31.2 Å². The SMILES string of the molecule is CC(O)(Cc1ccc(Cl)cc1)Cc1ccc(Cl)cc1F. The molecule has 0 saturated heterocycles. The first-order chi connectivity index (χ1) is 9.35. The number of halogens is 3. The molecule has 1 atom stereocenters. The van der Waals surface area contributed by atoms with Crippen LogP contribution in [0.5, 0.6) is 0 Å². The van der Waals surface area contributed by atoms with Crippen molar-refractivity contribution >= 4 is 23.2 Å². The molecule has 106 valence electrons. The monoisotopic (exact) mass is 312 g/mol. The molecule has 2 aromatic rings. The molecule has 1 N–H and O–H groups in total. The molecule has 0 heterocycles. The Bertz CT molecular complexity index is 594. The van der Waals surface area contributed by atoms with Crippen LogP contribution in [0, 0.1) is 5.82 Å². The van der Waals surface area contributed by atoms with Gasteiger partial charge in [-0.15, -0.1) is 0 Å². The Morgan fingerprint density at radius 1 is 1.00 bits per heavy atom. The maximum atomic E-state index is 13.8. The fraction of sp³-hybridized carbons (Fsp3) is 0.250. The van der Waals surface area contributed by atoms with E-state index in [2.05, 4.69) is 0 Å². The van der Waals surface area contributed by atoms with Crippen molar-refractivity contribution in [1.29, 1.82) is 0 Å². The third kappa shape index (κ3) is 4.20. The molecule has 0 bridgehead atoms. The van der Waals surface area contributed by atoms with Gasteiger partial charge in [0, 0.05) is 22.9 Å². The maximum Gasteiger partial charge on any atom is 0.127 e. The second-order valence-electron chi connectivity index (χ2n) is 5.21. The highest BCUT2D eigenvalue weighted by Crippen LogP contribution is 2.23. The van der Waals surface area contributed by atoms with Crippen LogP contribution in [-0.2, 0) is 12.8 Å². The van der Waals surface area contributed by atoms with Crippen molar-refractivity contribution in [1.82, 2.24) is 0 Å². The van der Waals surface area contributed by atoms with Crippen LogP contribution in [0.3, 0.4) is 0 Å². The topological polar surface area (TPSA) is 20.2 Å². The summed E-state index contributed by atoms with van der Waals surface area (Å²) in [5, 5.41) is 11.5. The molecule has 1 unspecified atom stereocenters. The van der Waals surface area contributed by atoms with E-state index in [4.69, 9.17) is 23.2 Å². The summed E-state index contributed by atoms with van der Waals surface area (Å²) >= 11 is 11.5. The van der Waals surface area contributed by atoms with Gasteiger partial charge in [-0.05, 0) is 42.3 Å². The normalized spacial score (nSPS) is 14.1. The van der Waals surface area contributed by atoms with Crippen molar-refractivity contribution in [3.8, 4) is 0 Å². The average molecular weight is 313 g/mol. The van der Waals surface area contributed by atoms with Gasteiger partial charge in [0.15, 0.2) is 0 Å². The number of benzene rings is 2. The fourth-order valence-corrected chi connectivity index (χ4v) is 2.46. The quantitative estimate of drug-likeness (QED) is 0.870. The van der Waals surface area contributed by atoms with E-state index in [-0.39, 0.29) is 6.42 Å². The van der Waals surface area contributed by atoms with Crippen LogP contribution >= 0.6 is 23.2 Å². The highest BCUT2D eigenvalue weighted by molar-refractivity contribution is 6.30. The molecule has 2 aromatic carbocycles. The van der Waals surface area contributed by atoms with Crippen LogP contribution in [0.15, 0.2) is 42.5 Å². The smallest absolute Gasteiger partial charge is 0.127 e. The van der Waals surface area contributed by atoms with E-state index in [1.807, 2.05) is 12.1 Å². The molecular weight excluding hydrogens is 298 g/mol. The largest absolute Gasteiger partial charge is 0.389 e. The fourth-order valence-electron chi connectivity index (χ4n) is 2.18. The third-order valence-corrected chi connectivity index (χ3v) is 3.57. The molecule has 0 saturated carbocycles. The van der Waals surface area contributed by atoms with Crippen LogP contribution in [0.2, 0.25) is 10.0 Å². The zero-order chi connectivity index (χ0) is 14.8. The Labute approximate surface area is 128 Å². The first-order valence-electron chi connectivity index (χ1n) is 6.26. The lowest BCUT2D eigenvalue weighted by molar-refractivity contribution is 0.0599. The summed E-state index contributed by atoms with van der Waals surface area (Å²) < 4.78 is 13.8. The van der Waals surface area contributed by atoms with Gasteiger partial charge in [-0.3, -0.25) is 0 Å². The number of rotatable bonds is 4. The van der Waals surface area contributed by atoms with Crippen molar-refractivity contribution in [3.63, 3.8) is 0 Å². The number of aliphatic hydroxyl groups is 1. The standard InChI is InChI=1S/C16H15Cl2FO/c1-16(20,9-11-2-5-13(17)6-3-11)10-12-4-7-14(18)8-15(12)19/h2-8,20H,9-10H2,1H3. The molecule has 0 aliphatic heterocycles. The van der Waals surface area contributed by atoms with Gasteiger partial charge in [0.25, 0.3) is 0 Å². The second kappa shape index (κ2) is 6.13. The highest BCUT2D eigenvalue weighted by atomic mass is 35.5. The molecule has 0 aromatic heterocycles. The van der Waals surface area contributed by atoms with Crippen molar-refractivity contribution in [2.75, 3.05) is 0 Å². The Kier molecular flexibility index (Phi) is 4.69. The first kappa shape index (κ1) is 15.3. The number of hydrogen-bond donors (Lipinski definition) is 1. The van der Waals surface area contributed by atoms with Gasteiger partial charge in [-0.2, -0.15) is 0 Å². The first-order valence-corrected chi connectivity index (χ1v) is 7.02. The number of hydrogen-bond acceptors (Lipinski definition) is 1. The minimum Gasteiger partial charge on any atom is -0.389 e. The lowest BCUT2D eigenvalue weighted by Crippen LogP contribution is -2.30. The molecule has 1 nitrogen and oxygen atoms in total. The van der Waals surface area contributed by atoms with Gasteiger partial charge >= 0.3 is 0 Å². The van der Waals surface area contributed by atoms with E-state index >= 15 is 0 Å². The Morgan fingerprint density at radius 2 is 1.60 bits per heavy atom. The van der Waals surface area contributed by atoms with Crippen molar-refractivity contribution in [3.05, 3.63) is 69.5 Å². The predicted molar refractivity (Wildman–Crippen MR) is 80.9 cm³/mol. The molecule has 0 fully saturated rings. The third-order valence-electron chi connectivity index (χ3n) is 3.08. The Hall–Kier alpha value is -1.09. The van der Waals surface area contributed by atoms with E-state index in [0.29, 0.717) is 22.0 Å². The van der Waals surface area contributed by atoms with Gasteiger partial charge in [0.2, 0.25) is 0 Å². The minimum absolute atomic E-state index is 0.221. The summed E-state index contributed by atoms with van der Waals surface area (Å²) in [6.45, 7) is 1.69. The van der Waals surface area contributed by atoms with E-state index in [9.17, 15) is 9.50 Å². The average Bonchev–Trinajstić information content (AvgIpc) is 2.35. The summed E-state index contributed by atoms with van der Waals surface area (Å²) in [6.07, 6.45) is 0.644. The molecular formula is C16H15Cl2FO. The van der Waals surface area contributed by atoms with Crippen molar-refractivity contribution in [2.24, 2.45) is 0 Å². The lowest BCUT2D eigenvalue weighted by Gasteiger charge is -2.24. The van der Waals surface area contributed by atoms with Crippen LogP contribution in [0.25, 0.3) is 0 Å². The summed E-state index contributed by atoms with van der Waals surface area (Å²) in [7, 11) is 0. The lowest BCUT2D eigenvalue weighted by atomic mass is 9.89. The zero-order valence-corrected chi connectivity index (χ0v) is 12.5. The summed E-state index contributed by atoms with van der Waals surface area (Å²) in [6, 6.07) is 11.7. The highest BCUT2D eigenvalue weighted by Gasteiger charge is 2.23. The molecule has 0 aliphatic carbocycles. The summed E-state index contributed by atoms with van der Waals surface area (Å²) in [4.78, 5) is 0. The van der Waals surface area contributed by atoms with Crippen molar-refractivity contribution in [2.45, 2.75) is 25.4 Å². The van der Waals surface area contributed by atoms with E-state index in [0.717, 1.165) is 5.56 Å². The van der Waals surface area contributed by atoms with E-state index < -0.39 is 11.4 Å². The van der Waals surface area contributed by atoms with Gasteiger partial charge in [-0.25, -0.2) is 4.39 Å². The van der Waals surface area contributed by atoms with Crippen LogP contribution < -0.4 is 0 Å². The zero-order valence-electron chi connectivity index (χ0n) is 11.0. The van der Waals surface area contributed by atoms with Gasteiger partial charge in [-0.1, -0.05) is 41.4 Å². The molecule has 0 spiro atoms. The Balaban J connectivity index is 2.12. The molecule has 2 rings (SSSR count). The summed E-state index contributed by atoms with van der Waals surface area (Å²) in [5.74, 6) is -0.395. The van der Waals surface area contributed by atoms with Crippen LogP contribution in [0.1, 0.15) is 18.1 Å². The van der Waals surface area contributed by atoms with Gasteiger partial charge in [0.1, 0.15) is 5.82 Å². The summed E-state index contributed by atoms with van der Waals surface area (Å²) in [5.41, 5.74) is 0.366. The minimum atomic E-state index is -1.04. The van der Waals surface area contributed by atoms with Crippen molar-refractivity contribution < 1.29 is 9.50 Å². The molecule has 20 heavy (non-hydrogen) atoms. The van der Waals surface area contributed by atoms with Crippen LogP contribution in [-0.4, -0.2) is 10.7 Å². The Morgan fingerprint density at radius 3 is 2.20 bits per heavy atom. The molecule has 0 aliphatic rings. The maximum absolute atomic E-state index is 13.8. The van der Waals surface area contributed by atoms with E-state index in [1.165, 1.54) is 6.07 Å². The van der Waals surface area contributed by atoms with Gasteiger partial charge < -0.3 is 5.11 Å². The van der Waals surface area contributed by atoms with Gasteiger partial charge in [0.05, 0.1) is 5.60 Å². The molecule has 0 radical (unpaired) electrons. The predicted octanol–water partition coefficient (Wildman–Crippen LogP) is 4.67. The second-order valence-corrected chi connectivity index (χ2v) is 6.09. The van der Waals surface area contributed by atoms with Crippen LogP contribution in [0.4, 0.5) is 4.39 Å². The molecule has 4 heteroatoms.